The molecule has 0 unspecified atom stereocenters. The van der Waals surface area contributed by atoms with Crippen molar-refractivity contribution in [2.45, 2.75) is 38.5 Å². The van der Waals surface area contributed by atoms with Gasteiger partial charge in [0.15, 0.2) is 0 Å². The Hall–Kier alpha value is -2.80. The van der Waals surface area contributed by atoms with E-state index >= 15 is 0 Å². The van der Waals surface area contributed by atoms with Crippen LogP contribution in [0.15, 0.2) is 61.2 Å². The van der Waals surface area contributed by atoms with Crippen LogP contribution in [0.5, 0.6) is 0 Å². The summed E-state index contributed by atoms with van der Waals surface area (Å²) in [5.41, 5.74) is 1.84. The van der Waals surface area contributed by atoms with Crippen molar-refractivity contribution in [1.82, 2.24) is 29.4 Å². The van der Waals surface area contributed by atoms with Crippen molar-refractivity contribution in [2.24, 2.45) is 22.1 Å². The number of rotatable bonds is 9. The van der Waals surface area contributed by atoms with Crippen molar-refractivity contribution in [2.75, 3.05) is 44.2 Å². The molecule has 0 atom stereocenters. The zero-order valence-corrected chi connectivity index (χ0v) is 29.8. The normalized spacial score (nSPS) is 15.9. The van der Waals surface area contributed by atoms with Gasteiger partial charge in [-0.1, -0.05) is 35.9 Å². The number of anilines is 1. The Labute approximate surface area is 293 Å². The fraction of sp³-hybridized carbons (Fsp3) is 0.467. The number of hydrogen-bond donors (Lipinski definition) is 5. The summed E-state index contributed by atoms with van der Waals surface area (Å²) in [6.45, 7) is 5.05. The van der Waals surface area contributed by atoms with Crippen molar-refractivity contribution in [3.8, 4) is 0 Å². The molecule has 4 aromatic rings. The maximum Gasteiger partial charge on any atom is 0.274 e. The van der Waals surface area contributed by atoms with E-state index in [1.807, 2.05) is 48.5 Å². The van der Waals surface area contributed by atoms with Gasteiger partial charge in [-0.3, -0.25) is 0 Å². The molecule has 2 fully saturated rings. The fourth-order valence-electron chi connectivity index (χ4n) is 5.74. The number of nitrogens with two attached hydrogens (primary N) is 3. The molecule has 6 rings (SSSR count). The zero-order valence-electron chi connectivity index (χ0n) is 26.6. The van der Waals surface area contributed by atoms with Crippen LogP contribution in [-0.2, 0) is 20.4 Å². The molecule has 2 aliphatic rings. The number of fused-ring (bicyclic) bond motifs is 2. The van der Waals surface area contributed by atoms with Gasteiger partial charge >= 0.3 is 0 Å². The lowest BCUT2D eigenvalue weighted by atomic mass is 9.93. The molecule has 0 saturated carbocycles. The largest absolute Gasteiger partial charge is 0.356 e. The van der Waals surface area contributed by atoms with Crippen molar-refractivity contribution >= 4 is 72.1 Å². The van der Waals surface area contributed by atoms with Gasteiger partial charge in [0.1, 0.15) is 23.6 Å². The lowest BCUT2D eigenvalue weighted by Crippen LogP contribution is -2.86. The number of para-hydroxylation sites is 2. The highest BCUT2D eigenvalue weighted by atomic mass is 35.5. The molecule has 0 bridgehead atoms. The van der Waals surface area contributed by atoms with Crippen molar-refractivity contribution in [3.63, 3.8) is 0 Å². The van der Waals surface area contributed by atoms with E-state index in [-0.39, 0.29) is 12.4 Å². The highest BCUT2D eigenvalue weighted by Gasteiger charge is 2.22. The minimum Gasteiger partial charge on any atom is -0.356 e. The van der Waals surface area contributed by atoms with Gasteiger partial charge < -0.3 is 10.2 Å². The lowest BCUT2D eigenvalue weighted by Gasteiger charge is -2.33. The number of halogens is 2. The van der Waals surface area contributed by atoms with Gasteiger partial charge in [0.2, 0.25) is 0 Å². The molecule has 2 aliphatic heterocycles. The van der Waals surface area contributed by atoms with Crippen LogP contribution in [0.3, 0.4) is 0 Å². The second-order valence-corrected chi connectivity index (χ2v) is 14.7. The Morgan fingerprint density at radius 2 is 1.21 bits per heavy atom. The van der Waals surface area contributed by atoms with E-state index in [9.17, 15) is 16.8 Å². The maximum atomic E-state index is 10.9. The van der Waals surface area contributed by atoms with Crippen LogP contribution >= 0.6 is 24.0 Å². The van der Waals surface area contributed by atoms with Crippen LogP contribution in [0.4, 0.5) is 5.82 Å². The highest BCUT2D eigenvalue weighted by molar-refractivity contribution is 7.87. The molecule has 0 spiro atoms. The Balaban J connectivity index is 0.000000212. The predicted octanol–water partition coefficient (Wildman–Crippen LogP) is 1.88. The van der Waals surface area contributed by atoms with E-state index in [1.165, 1.54) is 32.3 Å². The number of nitrogens with one attached hydrogen (secondary N) is 2. The number of aromatic nitrogens is 4. The summed E-state index contributed by atoms with van der Waals surface area (Å²) in [6, 6.07) is 15.7. The molecule has 8 N–H and O–H groups in total. The molecule has 2 saturated heterocycles. The van der Waals surface area contributed by atoms with Crippen LogP contribution in [0.1, 0.15) is 38.5 Å². The number of nitrogens with zero attached hydrogens (tertiary/aromatic N) is 5. The quantitative estimate of drug-likeness (QED) is 0.158. The average Bonchev–Trinajstić information content (AvgIpc) is 3.05. The van der Waals surface area contributed by atoms with Gasteiger partial charge in [0.05, 0.1) is 24.1 Å². The third-order valence-electron chi connectivity index (χ3n) is 8.20. The molecule has 264 valence electrons. The van der Waals surface area contributed by atoms with Crippen molar-refractivity contribution in [3.05, 3.63) is 66.3 Å². The summed E-state index contributed by atoms with van der Waals surface area (Å²) in [5.74, 6) is 2.16. The van der Waals surface area contributed by atoms with Gasteiger partial charge in [-0.15, -0.1) is 12.4 Å². The Bertz CT molecular complexity index is 1780. The Morgan fingerprint density at radius 3 is 1.75 bits per heavy atom. The first-order valence-corrected chi connectivity index (χ1v) is 19.1. The molecular weight excluding hydrogens is 699 g/mol. The van der Waals surface area contributed by atoms with Crippen LogP contribution in [0.2, 0.25) is 5.15 Å². The monoisotopic (exact) mass is 743 g/mol. The number of benzene rings is 2. The number of piperidine rings is 2. The molecular formula is C30H45Cl2N10O4S2+. The van der Waals surface area contributed by atoms with Gasteiger partial charge in [0.25, 0.3) is 20.4 Å². The molecule has 4 heterocycles. The van der Waals surface area contributed by atoms with Gasteiger partial charge in [-0.05, 0) is 74.6 Å². The van der Waals surface area contributed by atoms with Gasteiger partial charge in [0, 0.05) is 37.0 Å². The summed E-state index contributed by atoms with van der Waals surface area (Å²) < 4.78 is 47.5. The molecule has 0 amide bonds. The molecule has 0 radical (unpaired) electrons. The molecule has 18 heteroatoms. The van der Waals surface area contributed by atoms with E-state index in [1.54, 1.807) is 6.33 Å². The van der Waals surface area contributed by atoms with Crippen LogP contribution in [0.25, 0.3) is 21.8 Å². The zero-order chi connectivity index (χ0) is 33.7. The van der Waals surface area contributed by atoms with Gasteiger partial charge in [-0.25, -0.2) is 39.7 Å². The number of hydrogen-bond acceptors (Lipinski definition) is 9. The summed E-state index contributed by atoms with van der Waals surface area (Å²) in [5, 5.41) is 14.5. The Morgan fingerprint density at radius 1 is 0.729 bits per heavy atom. The van der Waals surface area contributed by atoms with E-state index in [0.29, 0.717) is 30.1 Å². The fourth-order valence-corrected chi connectivity index (χ4v) is 6.75. The third kappa shape index (κ3) is 13.6. The summed E-state index contributed by atoms with van der Waals surface area (Å²) in [4.78, 5) is 19.0. The molecule has 2 aromatic heterocycles. The van der Waals surface area contributed by atoms with E-state index in [4.69, 9.17) is 21.9 Å². The SMILES string of the molecule is Cl.Clc1ncnc2ccccc12.NS(=O)(=O)NCCC1CCN(c2ncnc3ccccc23)CC1.NS(=O)(=O)NCCC1CC[NH2+]CC1. The first-order chi connectivity index (χ1) is 22.5. The Kier molecular flexibility index (Phi) is 16.0. The smallest absolute Gasteiger partial charge is 0.274 e. The number of quaternary nitrogens is 1. The highest BCUT2D eigenvalue weighted by Crippen LogP contribution is 2.28. The third-order valence-corrected chi connectivity index (χ3v) is 9.71. The van der Waals surface area contributed by atoms with E-state index in [2.05, 4.69) is 39.6 Å². The van der Waals surface area contributed by atoms with Gasteiger partial charge in [-0.2, -0.15) is 16.8 Å². The topological polar surface area (TPSA) is 216 Å². The molecule has 48 heavy (non-hydrogen) atoms. The van der Waals surface area contributed by atoms with Crippen molar-refractivity contribution < 1.29 is 22.2 Å². The minimum atomic E-state index is -3.58. The molecule has 0 aliphatic carbocycles. The standard InChI is InChI=1S/C15H21N5O2S.C8H5ClN2.C7H17N3O2S.ClH/c16-23(21,22)19-8-5-12-6-9-20(10-7-12)15-13-3-1-2-4-14(13)17-11-18-15;9-8-6-3-1-2-4-7(6)10-5-11-8;8-13(11,12)10-6-3-7-1-4-9-5-2-7;/h1-4,11-12,19H,5-10H2,(H2,16,21,22);1-5H;7,9-10H,1-6H2,(H2,8,11,12);1H/p+1. The lowest BCUT2D eigenvalue weighted by molar-refractivity contribution is -0.664. The molecule has 2 aromatic carbocycles. The minimum absolute atomic E-state index is 0. The van der Waals surface area contributed by atoms with Crippen molar-refractivity contribution in [1.29, 1.82) is 0 Å². The average molecular weight is 745 g/mol. The molecule has 14 nitrogen and oxygen atoms in total. The summed E-state index contributed by atoms with van der Waals surface area (Å²) in [6.07, 6.45) is 9.21. The summed E-state index contributed by atoms with van der Waals surface area (Å²) in [7, 11) is -7.06. The first kappa shape index (κ1) is 39.6. The van der Waals surface area contributed by atoms with E-state index < -0.39 is 20.4 Å². The predicted molar refractivity (Wildman–Crippen MR) is 192 cm³/mol. The second kappa shape index (κ2) is 19.4. The van der Waals surface area contributed by atoms with Crippen LogP contribution < -0.4 is 29.9 Å². The first-order valence-electron chi connectivity index (χ1n) is 15.6. The maximum absolute atomic E-state index is 10.9. The van der Waals surface area contributed by atoms with Crippen LogP contribution in [-0.4, -0.2) is 76.0 Å². The van der Waals surface area contributed by atoms with Crippen LogP contribution in [0, 0.1) is 11.8 Å². The summed E-state index contributed by atoms with van der Waals surface area (Å²) >= 11 is 5.81. The van der Waals surface area contributed by atoms with E-state index in [0.717, 1.165) is 66.4 Å². The second-order valence-electron chi connectivity index (χ2n) is 11.6.